The molecule has 98 valence electrons. The lowest BCUT2D eigenvalue weighted by atomic mass is 10.2. The quantitative estimate of drug-likeness (QED) is 0.927. The Hall–Kier alpha value is -2.07. The fraction of sp³-hybridized carbons (Fsp3) is 0.0714. The van der Waals surface area contributed by atoms with Gasteiger partial charge in [0.05, 0.1) is 5.56 Å². The number of halogens is 2. The molecule has 0 aromatic heterocycles. The Balaban J connectivity index is 2.10. The maximum absolute atomic E-state index is 13.5. The molecule has 0 heterocycles. The van der Waals surface area contributed by atoms with Crippen LogP contribution in [0, 0.1) is 5.82 Å². The number of hydrogen-bond donors (Lipinski definition) is 1. The zero-order valence-electron chi connectivity index (χ0n) is 9.77. The van der Waals surface area contributed by atoms with Gasteiger partial charge in [-0.3, -0.25) is 0 Å². The topological polar surface area (TPSA) is 46.5 Å². The molecule has 2 aromatic rings. The van der Waals surface area contributed by atoms with Crippen molar-refractivity contribution >= 4 is 17.6 Å². The van der Waals surface area contributed by atoms with Crippen LogP contribution in [0.2, 0.25) is 5.02 Å². The molecular formula is C14H10ClFO3. The van der Waals surface area contributed by atoms with E-state index in [9.17, 15) is 9.18 Å². The fourth-order valence-electron chi connectivity index (χ4n) is 1.52. The molecule has 1 N–H and O–H groups in total. The van der Waals surface area contributed by atoms with E-state index in [-0.39, 0.29) is 12.2 Å². The van der Waals surface area contributed by atoms with E-state index in [0.29, 0.717) is 16.3 Å². The van der Waals surface area contributed by atoms with Gasteiger partial charge < -0.3 is 9.84 Å². The summed E-state index contributed by atoms with van der Waals surface area (Å²) in [6.07, 6.45) is 0. The van der Waals surface area contributed by atoms with E-state index >= 15 is 0 Å². The molecule has 5 heteroatoms. The largest absolute Gasteiger partial charge is 0.489 e. The summed E-state index contributed by atoms with van der Waals surface area (Å²) < 4.78 is 18.9. The first-order chi connectivity index (χ1) is 9.06. The second-order valence-corrected chi connectivity index (χ2v) is 4.29. The van der Waals surface area contributed by atoms with Crippen molar-refractivity contribution in [2.24, 2.45) is 0 Å². The third-order valence-electron chi connectivity index (χ3n) is 2.49. The zero-order chi connectivity index (χ0) is 13.8. The second kappa shape index (κ2) is 5.71. The van der Waals surface area contributed by atoms with Crippen molar-refractivity contribution in [1.82, 2.24) is 0 Å². The lowest BCUT2D eigenvalue weighted by Crippen LogP contribution is -2.00. The minimum Gasteiger partial charge on any atom is -0.489 e. The van der Waals surface area contributed by atoms with Crippen LogP contribution in [0.3, 0.4) is 0 Å². The second-order valence-electron chi connectivity index (χ2n) is 3.86. The molecule has 0 unspecified atom stereocenters. The summed E-state index contributed by atoms with van der Waals surface area (Å²) in [4.78, 5) is 10.8. The number of benzene rings is 2. The number of rotatable bonds is 4. The monoisotopic (exact) mass is 280 g/mol. The lowest BCUT2D eigenvalue weighted by Gasteiger charge is -2.08. The van der Waals surface area contributed by atoms with Crippen molar-refractivity contribution in [3.63, 3.8) is 0 Å². The van der Waals surface area contributed by atoms with Gasteiger partial charge in [-0.2, -0.15) is 0 Å². The minimum absolute atomic E-state index is 0.00603. The molecule has 0 aliphatic rings. The molecule has 0 atom stereocenters. The van der Waals surface area contributed by atoms with Crippen LogP contribution in [0.25, 0.3) is 0 Å². The fourth-order valence-corrected chi connectivity index (χ4v) is 1.68. The van der Waals surface area contributed by atoms with Gasteiger partial charge in [0.15, 0.2) is 0 Å². The highest BCUT2D eigenvalue weighted by atomic mass is 35.5. The number of aromatic carboxylic acids is 1. The van der Waals surface area contributed by atoms with E-state index in [1.54, 1.807) is 18.2 Å². The molecule has 0 aliphatic carbocycles. The predicted molar refractivity (Wildman–Crippen MR) is 69.1 cm³/mol. The van der Waals surface area contributed by atoms with Gasteiger partial charge in [-0.05, 0) is 30.3 Å². The number of ether oxygens (including phenoxy) is 1. The van der Waals surface area contributed by atoms with Gasteiger partial charge in [-0.1, -0.05) is 23.7 Å². The average molecular weight is 281 g/mol. The van der Waals surface area contributed by atoms with E-state index in [4.69, 9.17) is 21.4 Å². The number of carboxylic acids is 1. The zero-order valence-corrected chi connectivity index (χ0v) is 10.5. The van der Waals surface area contributed by atoms with E-state index in [1.807, 2.05) is 0 Å². The molecule has 0 bridgehead atoms. The van der Waals surface area contributed by atoms with Gasteiger partial charge in [0.25, 0.3) is 0 Å². The molecule has 0 saturated carbocycles. The van der Waals surface area contributed by atoms with E-state index in [1.165, 1.54) is 24.3 Å². The first-order valence-corrected chi connectivity index (χ1v) is 5.84. The third kappa shape index (κ3) is 3.45. The summed E-state index contributed by atoms with van der Waals surface area (Å²) in [5.74, 6) is -1.13. The van der Waals surface area contributed by atoms with Crippen LogP contribution in [-0.4, -0.2) is 11.1 Å². The van der Waals surface area contributed by atoms with Gasteiger partial charge >= 0.3 is 5.97 Å². The molecule has 19 heavy (non-hydrogen) atoms. The van der Waals surface area contributed by atoms with Crippen molar-refractivity contribution in [2.75, 3.05) is 0 Å². The minimum atomic E-state index is -1.04. The summed E-state index contributed by atoms with van der Waals surface area (Å²) in [5, 5.41) is 9.15. The van der Waals surface area contributed by atoms with Crippen molar-refractivity contribution in [2.45, 2.75) is 6.61 Å². The Kier molecular flexibility index (Phi) is 4.02. The Morgan fingerprint density at radius 1 is 1.26 bits per heavy atom. The van der Waals surface area contributed by atoms with Gasteiger partial charge in [0.2, 0.25) is 0 Å². The highest BCUT2D eigenvalue weighted by Crippen LogP contribution is 2.18. The molecule has 2 rings (SSSR count). The number of carbonyl (C=O) groups is 1. The van der Waals surface area contributed by atoms with Gasteiger partial charge in [0, 0.05) is 10.6 Å². The summed E-state index contributed by atoms with van der Waals surface area (Å²) >= 11 is 5.64. The van der Waals surface area contributed by atoms with Gasteiger partial charge in [0.1, 0.15) is 18.2 Å². The average Bonchev–Trinajstić information content (AvgIpc) is 2.38. The summed E-state index contributed by atoms with van der Waals surface area (Å²) in [7, 11) is 0. The predicted octanol–water partition coefficient (Wildman–Crippen LogP) is 3.76. The Bertz CT molecular complexity index is 613. The lowest BCUT2D eigenvalue weighted by molar-refractivity contribution is 0.0696. The van der Waals surface area contributed by atoms with Gasteiger partial charge in [-0.25, -0.2) is 9.18 Å². The smallest absolute Gasteiger partial charge is 0.335 e. The van der Waals surface area contributed by atoms with E-state index in [2.05, 4.69) is 0 Å². The molecule has 0 radical (unpaired) electrons. The molecule has 3 nitrogen and oxygen atoms in total. The standard InChI is InChI=1S/C14H10ClFO3/c15-11-5-4-10(13(16)7-11)8-19-12-3-1-2-9(6-12)14(17)18/h1-7H,8H2,(H,17,18). The number of carboxylic acid groups (broad SMARTS) is 1. The first kappa shape index (κ1) is 13.4. The maximum atomic E-state index is 13.5. The van der Waals surface area contributed by atoms with E-state index < -0.39 is 11.8 Å². The van der Waals surface area contributed by atoms with Crippen LogP contribution in [0.4, 0.5) is 4.39 Å². The van der Waals surface area contributed by atoms with Crippen LogP contribution in [0.5, 0.6) is 5.75 Å². The SMILES string of the molecule is O=C(O)c1cccc(OCc2ccc(Cl)cc2F)c1. The number of hydrogen-bond acceptors (Lipinski definition) is 2. The van der Waals surface area contributed by atoms with Crippen molar-refractivity contribution in [3.05, 3.63) is 64.4 Å². The summed E-state index contributed by atoms with van der Waals surface area (Å²) in [5.41, 5.74) is 0.471. The van der Waals surface area contributed by atoms with Crippen LogP contribution in [0.1, 0.15) is 15.9 Å². The van der Waals surface area contributed by atoms with Crippen LogP contribution < -0.4 is 4.74 Å². The van der Waals surface area contributed by atoms with E-state index in [0.717, 1.165) is 0 Å². The van der Waals surface area contributed by atoms with Gasteiger partial charge in [-0.15, -0.1) is 0 Å². The van der Waals surface area contributed by atoms with Crippen LogP contribution in [0.15, 0.2) is 42.5 Å². The molecule has 0 saturated heterocycles. The van der Waals surface area contributed by atoms with Crippen LogP contribution >= 0.6 is 11.6 Å². The highest BCUT2D eigenvalue weighted by molar-refractivity contribution is 6.30. The molecule has 2 aromatic carbocycles. The molecule has 0 aliphatic heterocycles. The molecular weight excluding hydrogens is 271 g/mol. The highest BCUT2D eigenvalue weighted by Gasteiger charge is 2.06. The van der Waals surface area contributed by atoms with Crippen molar-refractivity contribution < 1.29 is 19.0 Å². The Morgan fingerprint density at radius 3 is 2.74 bits per heavy atom. The first-order valence-electron chi connectivity index (χ1n) is 5.46. The maximum Gasteiger partial charge on any atom is 0.335 e. The normalized spacial score (nSPS) is 10.2. The molecule has 0 spiro atoms. The molecule has 0 fully saturated rings. The molecule has 0 amide bonds. The summed E-state index contributed by atoms with van der Waals surface area (Å²) in [6.45, 7) is 0.00603. The Labute approximate surface area is 114 Å². The van der Waals surface area contributed by atoms with Crippen molar-refractivity contribution in [3.8, 4) is 5.75 Å². The summed E-state index contributed by atoms with van der Waals surface area (Å²) in [6, 6.07) is 10.3. The third-order valence-corrected chi connectivity index (χ3v) is 2.73. The van der Waals surface area contributed by atoms with Crippen LogP contribution in [-0.2, 0) is 6.61 Å². The van der Waals surface area contributed by atoms with Crippen molar-refractivity contribution in [1.29, 1.82) is 0 Å². The Morgan fingerprint density at radius 2 is 2.05 bits per heavy atom.